The van der Waals surface area contributed by atoms with Crippen molar-refractivity contribution in [3.05, 3.63) is 50.9 Å². The van der Waals surface area contributed by atoms with E-state index in [2.05, 4.69) is 42.5 Å². The molecule has 7 heteroatoms. The van der Waals surface area contributed by atoms with Gasteiger partial charge in [-0.3, -0.25) is 0 Å². The summed E-state index contributed by atoms with van der Waals surface area (Å²) >= 11 is 6.68. The van der Waals surface area contributed by atoms with E-state index in [4.69, 9.17) is 11.0 Å². The molecule has 21 heavy (non-hydrogen) atoms. The van der Waals surface area contributed by atoms with Crippen molar-refractivity contribution in [3.63, 3.8) is 0 Å². The molecule has 5 nitrogen and oxygen atoms in total. The lowest BCUT2D eigenvalue weighted by atomic mass is 10.2. The Bertz CT molecular complexity index is 700. The molecule has 0 aliphatic rings. The number of urea groups is 1. The van der Waals surface area contributed by atoms with Crippen molar-refractivity contribution in [3.8, 4) is 6.07 Å². The minimum Gasteiger partial charge on any atom is -0.399 e. The Morgan fingerprint density at radius 1 is 1.10 bits per heavy atom. The van der Waals surface area contributed by atoms with Crippen LogP contribution in [0.4, 0.5) is 21.9 Å². The van der Waals surface area contributed by atoms with Crippen LogP contribution in [0.2, 0.25) is 0 Å². The van der Waals surface area contributed by atoms with Gasteiger partial charge in [0.05, 0.1) is 17.3 Å². The number of carbonyl (C=O) groups is 1. The van der Waals surface area contributed by atoms with Crippen molar-refractivity contribution in [1.82, 2.24) is 0 Å². The Balaban J connectivity index is 2.10. The van der Waals surface area contributed by atoms with Crippen molar-refractivity contribution < 1.29 is 4.79 Å². The standard InChI is InChI=1S/C14H10Br2N4O/c15-11-5-9(18)6-12(16)13(11)20-14(21)19-10-3-1-8(7-17)2-4-10/h1-6H,18H2,(H2,19,20,21). The van der Waals surface area contributed by atoms with Gasteiger partial charge in [-0.25, -0.2) is 4.79 Å². The molecule has 0 heterocycles. The van der Waals surface area contributed by atoms with Crippen molar-refractivity contribution in [1.29, 1.82) is 5.26 Å². The SMILES string of the molecule is N#Cc1ccc(NC(=O)Nc2c(Br)cc(N)cc2Br)cc1. The predicted octanol–water partition coefficient (Wildman–Crippen LogP) is 4.31. The van der Waals surface area contributed by atoms with Crippen LogP contribution in [0.1, 0.15) is 5.56 Å². The van der Waals surface area contributed by atoms with Crippen LogP contribution < -0.4 is 16.4 Å². The molecular formula is C14H10Br2N4O. The van der Waals surface area contributed by atoms with Crippen LogP contribution in [0, 0.1) is 11.3 Å². The molecular weight excluding hydrogens is 400 g/mol. The van der Waals surface area contributed by atoms with Crippen LogP contribution in [-0.2, 0) is 0 Å². The van der Waals surface area contributed by atoms with Crippen molar-refractivity contribution in [2.24, 2.45) is 0 Å². The van der Waals surface area contributed by atoms with Gasteiger partial charge in [0.25, 0.3) is 0 Å². The third-order valence-corrected chi connectivity index (χ3v) is 3.83. The quantitative estimate of drug-likeness (QED) is 0.645. The van der Waals surface area contributed by atoms with E-state index in [9.17, 15) is 4.79 Å². The highest BCUT2D eigenvalue weighted by Crippen LogP contribution is 2.33. The summed E-state index contributed by atoms with van der Waals surface area (Å²) in [5.41, 5.74) is 7.97. The van der Waals surface area contributed by atoms with E-state index >= 15 is 0 Å². The van der Waals surface area contributed by atoms with Crippen LogP contribution in [0.25, 0.3) is 0 Å². The third-order valence-electron chi connectivity index (χ3n) is 2.57. The van der Waals surface area contributed by atoms with E-state index in [1.807, 2.05) is 6.07 Å². The fraction of sp³-hybridized carbons (Fsp3) is 0. The smallest absolute Gasteiger partial charge is 0.323 e. The van der Waals surface area contributed by atoms with Gasteiger partial charge in [0.1, 0.15) is 0 Å². The Kier molecular flexibility index (Phi) is 4.83. The normalized spacial score (nSPS) is 9.76. The van der Waals surface area contributed by atoms with Crippen LogP contribution in [0.15, 0.2) is 45.3 Å². The molecule has 0 saturated heterocycles. The average Bonchev–Trinajstić information content (AvgIpc) is 2.43. The van der Waals surface area contributed by atoms with E-state index in [0.29, 0.717) is 31.6 Å². The summed E-state index contributed by atoms with van der Waals surface area (Å²) in [4.78, 5) is 12.0. The monoisotopic (exact) mass is 408 g/mol. The molecule has 0 aliphatic carbocycles. The van der Waals surface area contributed by atoms with Gasteiger partial charge in [-0.1, -0.05) is 0 Å². The predicted molar refractivity (Wildman–Crippen MR) is 90.1 cm³/mol. The molecule has 0 spiro atoms. The maximum absolute atomic E-state index is 12.0. The van der Waals surface area contributed by atoms with Crippen LogP contribution in [0.5, 0.6) is 0 Å². The van der Waals surface area contributed by atoms with Crippen LogP contribution >= 0.6 is 31.9 Å². The lowest BCUT2D eigenvalue weighted by Gasteiger charge is -2.11. The van der Waals surface area contributed by atoms with Gasteiger partial charge in [-0.05, 0) is 68.3 Å². The molecule has 2 amide bonds. The lowest BCUT2D eigenvalue weighted by Crippen LogP contribution is -2.20. The van der Waals surface area contributed by atoms with Gasteiger partial charge < -0.3 is 16.4 Å². The summed E-state index contributed by atoms with van der Waals surface area (Å²) in [6.45, 7) is 0. The first-order valence-corrected chi connectivity index (χ1v) is 7.41. The molecule has 0 aromatic heterocycles. The van der Waals surface area contributed by atoms with Crippen molar-refractivity contribution in [2.45, 2.75) is 0 Å². The molecule has 106 valence electrons. The van der Waals surface area contributed by atoms with Gasteiger partial charge in [0.15, 0.2) is 0 Å². The summed E-state index contributed by atoms with van der Waals surface area (Å²) in [5, 5.41) is 14.1. The molecule has 2 rings (SSSR count). The summed E-state index contributed by atoms with van der Waals surface area (Å²) < 4.78 is 1.34. The number of benzene rings is 2. The number of anilines is 3. The van der Waals surface area contributed by atoms with Gasteiger partial charge in [-0.15, -0.1) is 0 Å². The first kappa shape index (κ1) is 15.4. The lowest BCUT2D eigenvalue weighted by molar-refractivity contribution is 0.262. The number of nitriles is 1. The summed E-state index contributed by atoms with van der Waals surface area (Å²) in [5.74, 6) is 0. The molecule has 2 aromatic carbocycles. The second-order valence-electron chi connectivity index (χ2n) is 4.13. The first-order chi connectivity index (χ1) is 9.99. The second-order valence-corrected chi connectivity index (χ2v) is 5.84. The molecule has 0 unspecified atom stereocenters. The van der Waals surface area contributed by atoms with E-state index in [0.717, 1.165) is 0 Å². The number of amides is 2. The molecule has 0 radical (unpaired) electrons. The highest BCUT2D eigenvalue weighted by Gasteiger charge is 2.10. The highest BCUT2D eigenvalue weighted by atomic mass is 79.9. The Labute approximate surface area is 138 Å². The van der Waals surface area contributed by atoms with E-state index in [1.54, 1.807) is 36.4 Å². The van der Waals surface area contributed by atoms with E-state index in [-0.39, 0.29) is 0 Å². The second kappa shape index (κ2) is 6.61. The molecule has 0 bridgehead atoms. The minimum absolute atomic E-state index is 0.397. The molecule has 4 N–H and O–H groups in total. The fourth-order valence-corrected chi connectivity index (χ4v) is 3.04. The number of nitrogen functional groups attached to an aromatic ring is 1. The van der Waals surface area contributed by atoms with E-state index in [1.165, 1.54) is 0 Å². The average molecular weight is 410 g/mol. The van der Waals surface area contributed by atoms with Gasteiger partial charge in [-0.2, -0.15) is 5.26 Å². The number of halogens is 2. The Hall–Kier alpha value is -2.04. The number of nitrogens with one attached hydrogen (secondary N) is 2. The number of nitrogens with zero attached hydrogens (tertiary/aromatic N) is 1. The Morgan fingerprint density at radius 2 is 1.67 bits per heavy atom. The number of hydrogen-bond donors (Lipinski definition) is 3. The van der Waals surface area contributed by atoms with Crippen LogP contribution in [-0.4, -0.2) is 6.03 Å². The number of carbonyl (C=O) groups excluding carboxylic acids is 1. The molecule has 2 aromatic rings. The van der Waals surface area contributed by atoms with Crippen LogP contribution in [0.3, 0.4) is 0 Å². The van der Waals surface area contributed by atoms with Crippen molar-refractivity contribution >= 4 is 55.0 Å². The molecule has 0 aliphatic heterocycles. The Morgan fingerprint density at radius 3 is 2.19 bits per heavy atom. The zero-order valence-corrected chi connectivity index (χ0v) is 13.8. The maximum Gasteiger partial charge on any atom is 0.323 e. The van der Waals surface area contributed by atoms with Gasteiger partial charge >= 0.3 is 6.03 Å². The zero-order chi connectivity index (χ0) is 15.4. The largest absolute Gasteiger partial charge is 0.399 e. The molecule has 0 atom stereocenters. The summed E-state index contributed by atoms with van der Waals surface area (Å²) in [6, 6.07) is 11.6. The van der Waals surface area contributed by atoms with E-state index < -0.39 is 6.03 Å². The molecule has 0 fully saturated rings. The third kappa shape index (κ3) is 3.97. The number of nitrogens with two attached hydrogens (primary N) is 1. The highest BCUT2D eigenvalue weighted by molar-refractivity contribution is 9.11. The summed E-state index contributed by atoms with van der Waals surface area (Å²) in [7, 11) is 0. The molecule has 0 saturated carbocycles. The van der Waals surface area contributed by atoms with Gasteiger partial charge in [0, 0.05) is 20.3 Å². The first-order valence-electron chi connectivity index (χ1n) is 5.82. The topological polar surface area (TPSA) is 90.9 Å². The number of hydrogen-bond acceptors (Lipinski definition) is 3. The summed E-state index contributed by atoms with van der Waals surface area (Å²) in [6.07, 6.45) is 0. The fourth-order valence-electron chi connectivity index (χ4n) is 1.62. The minimum atomic E-state index is -0.397. The number of rotatable bonds is 2. The zero-order valence-electron chi connectivity index (χ0n) is 10.7. The van der Waals surface area contributed by atoms with Crippen molar-refractivity contribution in [2.75, 3.05) is 16.4 Å². The maximum atomic E-state index is 12.0. The van der Waals surface area contributed by atoms with Gasteiger partial charge in [0.2, 0.25) is 0 Å².